The fraction of sp³-hybridized carbons (Fsp3) is 0.0714. The molecule has 19 heavy (non-hydrogen) atoms. The number of nitrogens with two attached hydrogens (primary N) is 2. The molecule has 2 aromatic rings. The van der Waals surface area contributed by atoms with E-state index in [1.165, 1.54) is 6.07 Å². The predicted molar refractivity (Wildman–Crippen MR) is 73.4 cm³/mol. The van der Waals surface area contributed by atoms with Crippen molar-refractivity contribution in [3.8, 4) is 5.75 Å². The zero-order valence-electron chi connectivity index (χ0n) is 10.3. The Morgan fingerprint density at radius 2 is 1.84 bits per heavy atom. The van der Waals surface area contributed by atoms with Gasteiger partial charge in [-0.2, -0.15) is 0 Å². The second kappa shape index (κ2) is 5.41. The van der Waals surface area contributed by atoms with Gasteiger partial charge in [-0.15, -0.1) is 0 Å². The monoisotopic (exact) mass is 257 g/mol. The van der Waals surface area contributed by atoms with Crippen LogP contribution in [0.1, 0.15) is 21.5 Å². The molecule has 5 heteroatoms. The number of benzene rings is 2. The second-order valence-electron chi connectivity index (χ2n) is 4.23. The van der Waals surface area contributed by atoms with Crippen molar-refractivity contribution in [1.82, 2.24) is 5.43 Å². The van der Waals surface area contributed by atoms with Gasteiger partial charge in [0, 0.05) is 11.3 Å². The first-order valence-electron chi connectivity index (χ1n) is 5.77. The maximum atomic E-state index is 11.7. The molecule has 2 aromatic carbocycles. The van der Waals surface area contributed by atoms with Crippen LogP contribution in [0.4, 0.5) is 5.69 Å². The van der Waals surface area contributed by atoms with Gasteiger partial charge in [0.1, 0.15) is 5.75 Å². The summed E-state index contributed by atoms with van der Waals surface area (Å²) in [5.74, 6) is 4.87. The third kappa shape index (κ3) is 3.02. The van der Waals surface area contributed by atoms with E-state index >= 15 is 0 Å². The number of phenolic OH excluding ortho intramolecular Hbond substituents is 1. The van der Waals surface area contributed by atoms with Crippen LogP contribution in [0.15, 0.2) is 42.5 Å². The minimum absolute atomic E-state index is 0.110. The number of carbonyl (C=O) groups excluding carboxylic acids is 1. The molecule has 6 N–H and O–H groups in total. The number of amides is 1. The summed E-state index contributed by atoms with van der Waals surface area (Å²) in [7, 11) is 0. The Bertz CT molecular complexity index is 594. The van der Waals surface area contributed by atoms with Gasteiger partial charge in [-0.3, -0.25) is 10.2 Å². The molecule has 2 rings (SSSR count). The van der Waals surface area contributed by atoms with Crippen molar-refractivity contribution in [1.29, 1.82) is 0 Å². The van der Waals surface area contributed by atoms with Gasteiger partial charge in [0.25, 0.3) is 5.91 Å². The molecule has 1 amide bonds. The zero-order chi connectivity index (χ0) is 13.8. The molecule has 0 heterocycles. The molecule has 0 bridgehead atoms. The van der Waals surface area contributed by atoms with Gasteiger partial charge >= 0.3 is 0 Å². The number of nitrogen functional groups attached to an aromatic ring is 2. The van der Waals surface area contributed by atoms with E-state index < -0.39 is 0 Å². The van der Waals surface area contributed by atoms with E-state index in [9.17, 15) is 9.90 Å². The molecular weight excluding hydrogens is 242 g/mol. The van der Waals surface area contributed by atoms with Crippen molar-refractivity contribution in [2.75, 3.05) is 5.73 Å². The number of anilines is 1. The molecule has 0 saturated carbocycles. The van der Waals surface area contributed by atoms with Gasteiger partial charge in [-0.1, -0.05) is 12.1 Å². The van der Waals surface area contributed by atoms with Crippen molar-refractivity contribution in [2.24, 2.45) is 5.84 Å². The van der Waals surface area contributed by atoms with Crippen LogP contribution in [-0.4, -0.2) is 11.0 Å². The predicted octanol–water partition coefficient (Wildman–Crippen LogP) is 1.17. The highest BCUT2D eigenvalue weighted by molar-refractivity contribution is 5.95. The number of carbonyl (C=O) groups is 1. The summed E-state index contributed by atoms with van der Waals surface area (Å²) in [5, 5.41) is 9.53. The molecule has 0 unspecified atom stereocenters. The molecule has 0 spiro atoms. The first-order valence-corrected chi connectivity index (χ1v) is 5.77. The molecule has 5 nitrogen and oxygen atoms in total. The van der Waals surface area contributed by atoms with Crippen molar-refractivity contribution >= 4 is 11.6 Å². The Balaban J connectivity index is 2.35. The highest BCUT2D eigenvalue weighted by Crippen LogP contribution is 2.20. The summed E-state index contributed by atoms with van der Waals surface area (Å²) < 4.78 is 0. The van der Waals surface area contributed by atoms with Crippen LogP contribution in [0.5, 0.6) is 5.75 Å². The zero-order valence-corrected chi connectivity index (χ0v) is 10.3. The van der Waals surface area contributed by atoms with E-state index in [4.69, 9.17) is 11.6 Å². The van der Waals surface area contributed by atoms with Crippen LogP contribution >= 0.6 is 0 Å². The average Bonchev–Trinajstić information content (AvgIpc) is 2.41. The molecular formula is C14H15N3O2. The summed E-state index contributed by atoms with van der Waals surface area (Å²) in [6.45, 7) is 0. The van der Waals surface area contributed by atoms with Crippen molar-refractivity contribution in [3.05, 3.63) is 59.2 Å². The van der Waals surface area contributed by atoms with Gasteiger partial charge in [-0.05, 0) is 47.9 Å². The molecule has 98 valence electrons. The standard InChI is InChI=1S/C14H15N3O2/c15-11-3-1-9(2-4-11)7-10-8-12(18)5-6-13(10)14(19)17-16/h1-6,8,18H,7,15-16H2,(H,17,19). The Morgan fingerprint density at radius 3 is 2.47 bits per heavy atom. The molecule has 0 atom stereocenters. The van der Waals surface area contributed by atoms with Crippen LogP contribution in [0.25, 0.3) is 0 Å². The van der Waals surface area contributed by atoms with E-state index in [0.717, 1.165) is 5.56 Å². The van der Waals surface area contributed by atoms with E-state index in [1.807, 2.05) is 12.1 Å². The molecule has 0 saturated heterocycles. The van der Waals surface area contributed by atoms with Crippen molar-refractivity contribution < 1.29 is 9.90 Å². The Morgan fingerprint density at radius 1 is 1.16 bits per heavy atom. The van der Waals surface area contributed by atoms with E-state index in [2.05, 4.69) is 5.43 Å². The van der Waals surface area contributed by atoms with Gasteiger partial charge in [0.15, 0.2) is 0 Å². The summed E-state index contributed by atoms with van der Waals surface area (Å²) >= 11 is 0. The number of hydrogen-bond donors (Lipinski definition) is 4. The SMILES string of the molecule is NNC(=O)c1ccc(O)cc1Cc1ccc(N)cc1. The molecule has 0 aliphatic heterocycles. The molecule has 0 aliphatic rings. The Hall–Kier alpha value is -2.53. The van der Waals surface area contributed by atoms with E-state index in [-0.39, 0.29) is 11.7 Å². The smallest absolute Gasteiger partial charge is 0.265 e. The largest absolute Gasteiger partial charge is 0.508 e. The van der Waals surface area contributed by atoms with Crippen LogP contribution < -0.4 is 17.0 Å². The van der Waals surface area contributed by atoms with E-state index in [1.54, 1.807) is 24.3 Å². The van der Waals surface area contributed by atoms with Crippen LogP contribution in [0.3, 0.4) is 0 Å². The maximum absolute atomic E-state index is 11.7. The van der Waals surface area contributed by atoms with Crippen LogP contribution in [0, 0.1) is 0 Å². The van der Waals surface area contributed by atoms with Gasteiger partial charge < -0.3 is 10.8 Å². The van der Waals surface area contributed by atoms with E-state index in [0.29, 0.717) is 23.2 Å². The molecule has 0 fully saturated rings. The van der Waals surface area contributed by atoms with Gasteiger partial charge in [-0.25, -0.2) is 5.84 Å². The number of hydrazine groups is 1. The number of nitrogens with one attached hydrogen (secondary N) is 1. The lowest BCUT2D eigenvalue weighted by Gasteiger charge is -2.09. The molecule has 0 aromatic heterocycles. The first-order chi connectivity index (χ1) is 9.10. The topological polar surface area (TPSA) is 101 Å². The second-order valence-corrected chi connectivity index (χ2v) is 4.23. The summed E-state index contributed by atoms with van der Waals surface area (Å²) in [6.07, 6.45) is 0.511. The number of hydrogen-bond acceptors (Lipinski definition) is 4. The summed E-state index contributed by atoms with van der Waals surface area (Å²) in [4.78, 5) is 11.7. The lowest BCUT2D eigenvalue weighted by Crippen LogP contribution is -2.30. The minimum Gasteiger partial charge on any atom is -0.508 e. The first kappa shape index (κ1) is 12.9. The fourth-order valence-electron chi connectivity index (χ4n) is 1.88. The number of aromatic hydroxyl groups is 1. The molecule has 0 radical (unpaired) electrons. The van der Waals surface area contributed by atoms with Crippen LogP contribution in [-0.2, 0) is 6.42 Å². The van der Waals surface area contributed by atoms with Gasteiger partial charge in [0.05, 0.1) is 0 Å². The summed E-state index contributed by atoms with van der Waals surface area (Å²) in [6, 6.07) is 11.9. The highest BCUT2D eigenvalue weighted by atomic mass is 16.3. The third-order valence-electron chi connectivity index (χ3n) is 2.84. The Labute approximate surface area is 110 Å². The highest BCUT2D eigenvalue weighted by Gasteiger charge is 2.11. The van der Waals surface area contributed by atoms with Crippen molar-refractivity contribution in [2.45, 2.75) is 6.42 Å². The Kier molecular flexibility index (Phi) is 3.68. The average molecular weight is 257 g/mol. The number of rotatable bonds is 3. The lowest BCUT2D eigenvalue weighted by atomic mass is 9.99. The lowest BCUT2D eigenvalue weighted by molar-refractivity contribution is 0.0953. The molecule has 0 aliphatic carbocycles. The van der Waals surface area contributed by atoms with Crippen LogP contribution in [0.2, 0.25) is 0 Å². The van der Waals surface area contributed by atoms with Gasteiger partial charge in [0.2, 0.25) is 0 Å². The quantitative estimate of drug-likeness (QED) is 0.287. The summed E-state index contributed by atoms with van der Waals surface area (Å²) in [5.41, 5.74) is 10.5. The van der Waals surface area contributed by atoms with Crippen molar-refractivity contribution in [3.63, 3.8) is 0 Å². The number of phenols is 1. The third-order valence-corrected chi connectivity index (χ3v) is 2.84. The maximum Gasteiger partial charge on any atom is 0.265 e. The minimum atomic E-state index is -0.384. The normalized spacial score (nSPS) is 10.2. The fourth-order valence-corrected chi connectivity index (χ4v) is 1.88.